The first-order valence-corrected chi connectivity index (χ1v) is 6.95. The van der Waals surface area contributed by atoms with Crippen molar-refractivity contribution in [3.05, 3.63) is 16.1 Å². The van der Waals surface area contributed by atoms with Crippen LogP contribution in [0.2, 0.25) is 0 Å². The Labute approximate surface area is 95.1 Å². The molecule has 0 unspecified atom stereocenters. The number of hydrogen-bond donors (Lipinski definition) is 1. The van der Waals surface area contributed by atoms with Crippen LogP contribution < -0.4 is 5.32 Å². The van der Waals surface area contributed by atoms with Crippen LogP contribution >= 0.6 is 11.3 Å². The van der Waals surface area contributed by atoms with Crippen LogP contribution in [0, 0.1) is 5.92 Å². The van der Waals surface area contributed by atoms with E-state index in [0.29, 0.717) is 0 Å². The van der Waals surface area contributed by atoms with Gasteiger partial charge in [-0.3, -0.25) is 0 Å². The fraction of sp³-hybridized carbons (Fsp3) is 0.750. The van der Waals surface area contributed by atoms with Crippen molar-refractivity contribution in [1.82, 2.24) is 10.3 Å². The third-order valence-electron chi connectivity index (χ3n) is 3.23. The summed E-state index contributed by atoms with van der Waals surface area (Å²) in [6.07, 6.45) is 7.01. The second-order valence-electron chi connectivity index (χ2n) is 4.86. The lowest BCUT2D eigenvalue weighted by atomic mass is 10.3. The number of rotatable bonds is 6. The van der Waals surface area contributed by atoms with Gasteiger partial charge in [-0.2, -0.15) is 0 Å². The minimum Gasteiger partial charge on any atom is -0.311 e. The van der Waals surface area contributed by atoms with Crippen molar-refractivity contribution in [3.63, 3.8) is 0 Å². The quantitative estimate of drug-likeness (QED) is 0.749. The molecule has 2 fully saturated rings. The highest BCUT2D eigenvalue weighted by Gasteiger charge is 2.26. The highest BCUT2D eigenvalue weighted by atomic mass is 32.1. The monoisotopic (exact) mass is 222 g/mol. The van der Waals surface area contributed by atoms with Crippen molar-refractivity contribution < 1.29 is 0 Å². The molecule has 0 atom stereocenters. The Morgan fingerprint density at radius 1 is 1.33 bits per heavy atom. The van der Waals surface area contributed by atoms with Gasteiger partial charge in [0.1, 0.15) is 0 Å². The minimum atomic E-state index is 0.815. The molecular weight excluding hydrogens is 204 g/mol. The van der Waals surface area contributed by atoms with Gasteiger partial charge in [-0.1, -0.05) is 12.8 Å². The molecule has 0 aromatic carbocycles. The maximum atomic E-state index is 4.66. The van der Waals surface area contributed by atoms with Crippen molar-refractivity contribution in [2.24, 2.45) is 5.92 Å². The first-order chi connectivity index (χ1) is 7.42. The van der Waals surface area contributed by atoms with Gasteiger partial charge in [0, 0.05) is 17.8 Å². The molecule has 0 bridgehead atoms. The molecule has 2 nitrogen and oxygen atoms in total. The summed E-state index contributed by atoms with van der Waals surface area (Å²) in [5, 5.41) is 7.08. The fourth-order valence-corrected chi connectivity index (χ4v) is 2.84. The van der Waals surface area contributed by atoms with Gasteiger partial charge in [-0.15, -0.1) is 11.3 Å². The van der Waals surface area contributed by atoms with Crippen LogP contribution in [0.5, 0.6) is 0 Å². The third-order valence-corrected chi connectivity index (χ3v) is 4.28. The molecule has 0 saturated heterocycles. The molecule has 3 heteroatoms. The minimum absolute atomic E-state index is 0.815. The van der Waals surface area contributed by atoms with Gasteiger partial charge < -0.3 is 5.32 Å². The summed E-state index contributed by atoms with van der Waals surface area (Å²) < 4.78 is 0. The molecule has 1 aromatic heterocycles. The van der Waals surface area contributed by atoms with Gasteiger partial charge in [0.25, 0.3) is 0 Å². The summed E-state index contributed by atoms with van der Waals surface area (Å²) in [5.41, 5.74) is 1.25. The molecule has 2 saturated carbocycles. The molecule has 82 valence electrons. The van der Waals surface area contributed by atoms with Crippen molar-refractivity contribution in [2.75, 3.05) is 6.54 Å². The smallest absolute Gasteiger partial charge is 0.0959 e. The Morgan fingerprint density at radius 3 is 2.93 bits per heavy atom. The highest BCUT2D eigenvalue weighted by Crippen LogP contribution is 2.41. The highest BCUT2D eigenvalue weighted by molar-refractivity contribution is 7.09. The van der Waals surface area contributed by atoms with Crippen LogP contribution in [-0.2, 0) is 6.54 Å². The van der Waals surface area contributed by atoms with Crippen molar-refractivity contribution in [3.8, 4) is 0 Å². The molecule has 3 rings (SSSR count). The van der Waals surface area contributed by atoms with E-state index in [-0.39, 0.29) is 0 Å². The number of nitrogens with one attached hydrogen (secondary N) is 1. The second kappa shape index (κ2) is 4.22. The Morgan fingerprint density at radius 2 is 2.20 bits per heavy atom. The molecular formula is C12H18N2S. The summed E-state index contributed by atoms with van der Waals surface area (Å²) in [7, 11) is 0. The van der Waals surface area contributed by atoms with E-state index in [4.69, 9.17) is 0 Å². The Hall–Kier alpha value is -0.410. The topological polar surface area (TPSA) is 24.9 Å². The summed E-state index contributed by atoms with van der Waals surface area (Å²) in [4.78, 5) is 4.66. The summed E-state index contributed by atoms with van der Waals surface area (Å²) in [5.74, 6) is 1.85. The third kappa shape index (κ3) is 2.79. The molecule has 1 N–H and O–H groups in total. The summed E-state index contributed by atoms with van der Waals surface area (Å²) >= 11 is 1.85. The molecule has 1 heterocycles. The lowest BCUT2D eigenvalue weighted by Gasteiger charge is -2.00. The normalized spacial score (nSPS) is 20.8. The van der Waals surface area contributed by atoms with E-state index >= 15 is 0 Å². The second-order valence-corrected chi connectivity index (χ2v) is 5.75. The number of nitrogens with zero attached hydrogens (tertiary/aromatic N) is 1. The molecule has 0 radical (unpaired) electrons. The van der Waals surface area contributed by atoms with Crippen LogP contribution in [0.25, 0.3) is 0 Å². The largest absolute Gasteiger partial charge is 0.311 e. The zero-order valence-electron chi connectivity index (χ0n) is 9.04. The van der Waals surface area contributed by atoms with E-state index in [1.807, 2.05) is 11.3 Å². The average Bonchev–Trinajstić information content (AvgIpc) is 3.14. The van der Waals surface area contributed by atoms with Crippen molar-refractivity contribution >= 4 is 11.3 Å². The summed E-state index contributed by atoms with van der Waals surface area (Å²) in [6, 6.07) is 0. The molecule has 2 aliphatic carbocycles. The van der Waals surface area contributed by atoms with Crippen LogP contribution in [0.1, 0.15) is 48.7 Å². The zero-order chi connectivity index (χ0) is 10.1. The van der Waals surface area contributed by atoms with Gasteiger partial charge in [-0.25, -0.2) is 4.98 Å². The van der Waals surface area contributed by atoms with Gasteiger partial charge in [0.2, 0.25) is 0 Å². The van der Waals surface area contributed by atoms with E-state index in [2.05, 4.69) is 15.7 Å². The molecule has 0 aliphatic heterocycles. The van der Waals surface area contributed by atoms with E-state index in [1.54, 1.807) is 0 Å². The Bertz CT molecular complexity index is 326. The molecule has 0 spiro atoms. The van der Waals surface area contributed by atoms with E-state index < -0.39 is 0 Å². The first kappa shape index (κ1) is 9.79. The van der Waals surface area contributed by atoms with Gasteiger partial charge >= 0.3 is 0 Å². The van der Waals surface area contributed by atoms with Crippen LogP contribution in [0.4, 0.5) is 0 Å². The maximum absolute atomic E-state index is 4.66. The Balaban J connectivity index is 1.40. The number of aromatic nitrogens is 1. The Kier molecular flexibility index (Phi) is 2.76. The standard InChI is InChI=1S/C12H18N2S/c1-2-9(1)5-6-13-7-11-8-15-12(14-11)10-3-4-10/h8-10,13H,1-7H2. The lowest BCUT2D eigenvalue weighted by molar-refractivity contribution is 0.607. The summed E-state index contributed by atoms with van der Waals surface area (Å²) in [6.45, 7) is 2.14. The fourth-order valence-electron chi connectivity index (χ4n) is 1.85. The van der Waals surface area contributed by atoms with Gasteiger partial charge in [0.05, 0.1) is 10.7 Å². The van der Waals surface area contributed by atoms with Gasteiger partial charge in [-0.05, 0) is 31.7 Å². The van der Waals surface area contributed by atoms with Crippen molar-refractivity contribution in [1.29, 1.82) is 0 Å². The number of thiazole rings is 1. The van der Waals surface area contributed by atoms with E-state index in [1.165, 1.54) is 49.4 Å². The van der Waals surface area contributed by atoms with Crippen molar-refractivity contribution in [2.45, 2.75) is 44.6 Å². The first-order valence-electron chi connectivity index (χ1n) is 6.07. The predicted octanol–water partition coefficient (Wildman–Crippen LogP) is 2.91. The predicted molar refractivity (Wildman–Crippen MR) is 63.1 cm³/mol. The zero-order valence-corrected chi connectivity index (χ0v) is 9.85. The SMILES string of the molecule is c1sc(C2CC2)nc1CNCCC1CC1. The van der Waals surface area contributed by atoms with Crippen LogP contribution in [0.3, 0.4) is 0 Å². The molecule has 1 aromatic rings. The van der Waals surface area contributed by atoms with Crippen LogP contribution in [-0.4, -0.2) is 11.5 Å². The maximum Gasteiger partial charge on any atom is 0.0959 e. The lowest BCUT2D eigenvalue weighted by Crippen LogP contribution is -2.15. The van der Waals surface area contributed by atoms with E-state index in [9.17, 15) is 0 Å². The van der Waals surface area contributed by atoms with Gasteiger partial charge in [0.15, 0.2) is 0 Å². The van der Waals surface area contributed by atoms with E-state index in [0.717, 1.165) is 18.4 Å². The molecule has 15 heavy (non-hydrogen) atoms. The number of hydrogen-bond acceptors (Lipinski definition) is 3. The molecule has 2 aliphatic rings. The van der Waals surface area contributed by atoms with Crippen LogP contribution in [0.15, 0.2) is 5.38 Å². The average molecular weight is 222 g/mol. The molecule has 0 amide bonds.